The molecule has 126 valence electrons. The second kappa shape index (κ2) is 7.06. The maximum Gasteiger partial charge on any atom is 0.256 e. The number of rotatable bonds is 3. The van der Waals surface area contributed by atoms with Crippen molar-refractivity contribution >= 4 is 38.4 Å². The Labute approximate surface area is 159 Å². The zero-order valence-electron chi connectivity index (χ0n) is 13.7. The van der Waals surface area contributed by atoms with Crippen LogP contribution in [-0.4, -0.2) is 15.9 Å². The van der Waals surface area contributed by atoms with Crippen molar-refractivity contribution in [2.24, 2.45) is 0 Å². The molecule has 0 spiro atoms. The number of halogens is 1. The fourth-order valence-corrected chi connectivity index (χ4v) is 3.19. The lowest BCUT2D eigenvalue weighted by molar-refractivity contribution is 0.102. The van der Waals surface area contributed by atoms with Crippen LogP contribution in [0.1, 0.15) is 10.4 Å². The second-order valence-electron chi connectivity index (χ2n) is 5.78. The van der Waals surface area contributed by atoms with Crippen molar-refractivity contribution in [3.05, 3.63) is 89.2 Å². The fraction of sp³-hybridized carbons (Fsp3) is 0. The maximum absolute atomic E-state index is 13.0. The van der Waals surface area contributed by atoms with Crippen LogP contribution in [0.15, 0.2) is 83.6 Å². The monoisotopic (exact) mass is 403 g/mol. The third-order valence-corrected chi connectivity index (χ3v) is 4.49. The van der Waals surface area contributed by atoms with E-state index in [9.17, 15) is 4.79 Å². The number of carbonyl (C=O) groups is 1. The summed E-state index contributed by atoms with van der Waals surface area (Å²) in [6.45, 7) is 0. The smallest absolute Gasteiger partial charge is 0.256 e. The lowest BCUT2D eigenvalue weighted by Crippen LogP contribution is -2.13. The maximum atomic E-state index is 13.0. The number of fused-ring (bicyclic) bond motifs is 1. The molecular formula is C21H14BrN3O. The van der Waals surface area contributed by atoms with Gasteiger partial charge >= 0.3 is 0 Å². The van der Waals surface area contributed by atoms with E-state index in [1.165, 1.54) is 0 Å². The van der Waals surface area contributed by atoms with E-state index in [2.05, 4.69) is 31.2 Å². The van der Waals surface area contributed by atoms with Gasteiger partial charge in [0, 0.05) is 33.5 Å². The number of hydrogen-bond donors (Lipinski definition) is 1. The van der Waals surface area contributed by atoms with Crippen LogP contribution in [0.2, 0.25) is 0 Å². The van der Waals surface area contributed by atoms with Gasteiger partial charge in [-0.25, -0.2) is 4.98 Å². The van der Waals surface area contributed by atoms with Crippen molar-refractivity contribution in [3.8, 4) is 11.3 Å². The molecule has 0 aliphatic rings. The molecule has 4 rings (SSSR count). The van der Waals surface area contributed by atoms with E-state index in [0.29, 0.717) is 5.56 Å². The third-order valence-electron chi connectivity index (χ3n) is 4.00. The van der Waals surface area contributed by atoms with Gasteiger partial charge in [-0.15, -0.1) is 0 Å². The number of pyridine rings is 2. The first-order valence-corrected chi connectivity index (χ1v) is 8.87. The van der Waals surface area contributed by atoms with Crippen LogP contribution >= 0.6 is 15.9 Å². The van der Waals surface area contributed by atoms with Crippen LogP contribution in [0.25, 0.3) is 22.2 Å². The molecule has 0 radical (unpaired) electrons. The summed E-state index contributed by atoms with van der Waals surface area (Å²) >= 11 is 3.42. The van der Waals surface area contributed by atoms with Gasteiger partial charge in [0.1, 0.15) is 0 Å². The van der Waals surface area contributed by atoms with Crippen LogP contribution in [0, 0.1) is 0 Å². The number of carbonyl (C=O) groups excluding carboxylic acids is 1. The van der Waals surface area contributed by atoms with Gasteiger partial charge in [0.25, 0.3) is 5.91 Å². The Bertz CT molecular complexity index is 1100. The quantitative estimate of drug-likeness (QED) is 0.504. The van der Waals surface area contributed by atoms with E-state index >= 15 is 0 Å². The lowest BCUT2D eigenvalue weighted by atomic mass is 10.0. The van der Waals surface area contributed by atoms with Gasteiger partial charge in [-0.05, 0) is 42.5 Å². The first-order valence-electron chi connectivity index (χ1n) is 8.08. The average molecular weight is 404 g/mol. The number of para-hydroxylation sites is 1. The minimum absolute atomic E-state index is 0.174. The third kappa shape index (κ3) is 3.34. The molecule has 2 aromatic carbocycles. The van der Waals surface area contributed by atoms with Crippen LogP contribution in [0.5, 0.6) is 0 Å². The standard InChI is InChI=1S/C21H14BrN3O/c22-15-6-3-7-16(11-15)24-21(26)18-12-20(14-5-4-10-23-13-14)25-19-9-2-1-8-17(18)19/h1-13H,(H,24,26). The molecule has 0 fully saturated rings. The van der Waals surface area contributed by atoms with Gasteiger partial charge in [-0.1, -0.05) is 40.2 Å². The summed E-state index contributed by atoms with van der Waals surface area (Å²) in [4.78, 5) is 21.8. The summed E-state index contributed by atoms with van der Waals surface area (Å²) in [6, 6.07) is 20.7. The molecule has 4 nitrogen and oxygen atoms in total. The summed E-state index contributed by atoms with van der Waals surface area (Å²) < 4.78 is 0.908. The topological polar surface area (TPSA) is 54.9 Å². The molecular weight excluding hydrogens is 390 g/mol. The van der Waals surface area contributed by atoms with Crippen molar-refractivity contribution in [1.29, 1.82) is 0 Å². The molecule has 0 saturated carbocycles. The molecule has 0 aliphatic carbocycles. The van der Waals surface area contributed by atoms with Crippen LogP contribution < -0.4 is 5.32 Å². The minimum Gasteiger partial charge on any atom is -0.322 e. The first kappa shape index (κ1) is 16.4. The average Bonchev–Trinajstić information content (AvgIpc) is 2.68. The van der Waals surface area contributed by atoms with Crippen molar-refractivity contribution in [2.75, 3.05) is 5.32 Å². The van der Waals surface area contributed by atoms with Crippen molar-refractivity contribution < 1.29 is 4.79 Å². The van der Waals surface area contributed by atoms with E-state index in [1.807, 2.05) is 66.7 Å². The SMILES string of the molecule is O=C(Nc1cccc(Br)c1)c1cc(-c2cccnc2)nc2ccccc12. The number of aromatic nitrogens is 2. The second-order valence-corrected chi connectivity index (χ2v) is 6.69. The normalized spacial score (nSPS) is 10.7. The summed E-state index contributed by atoms with van der Waals surface area (Å²) in [6.07, 6.45) is 3.46. The molecule has 4 aromatic rings. The molecule has 5 heteroatoms. The van der Waals surface area contributed by atoms with Crippen molar-refractivity contribution in [3.63, 3.8) is 0 Å². The molecule has 2 aromatic heterocycles. The van der Waals surface area contributed by atoms with Crippen molar-refractivity contribution in [2.45, 2.75) is 0 Å². The van der Waals surface area contributed by atoms with Gasteiger partial charge in [0.2, 0.25) is 0 Å². The predicted octanol–water partition coefficient (Wildman–Crippen LogP) is 5.31. The molecule has 2 heterocycles. The number of hydrogen-bond acceptors (Lipinski definition) is 3. The zero-order chi connectivity index (χ0) is 17.9. The molecule has 0 aliphatic heterocycles. The molecule has 0 bridgehead atoms. The zero-order valence-corrected chi connectivity index (χ0v) is 15.3. The molecule has 1 amide bonds. The molecule has 0 atom stereocenters. The highest BCUT2D eigenvalue weighted by Gasteiger charge is 2.14. The molecule has 1 N–H and O–H groups in total. The van der Waals surface area contributed by atoms with Gasteiger partial charge in [-0.2, -0.15) is 0 Å². The largest absolute Gasteiger partial charge is 0.322 e. The molecule has 26 heavy (non-hydrogen) atoms. The number of nitrogens with zero attached hydrogens (tertiary/aromatic N) is 2. The summed E-state index contributed by atoms with van der Waals surface area (Å²) in [5.74, 6) is -0.174. The van der Waals surface area contributed by atoms with Crippen molar-refractivity contribution in [1.82, 2.24) is 9.97 Å². The summed E-state index contributed by atoms with van der Waals surface area (Å²) in [5.41, 5.74) is 3.67. The Morgan fingerprint density at radius 1 is 0.962 bits per heavy atom. The highest BCUT2D eigenvalue weighted by molar-refractivity contribution is 9.10. The Kier molecular flexibility index (Phi) is 4.46. The van der Waals surface area contributed by atoms with E-state index in [1.54, 1.807) is 12.4 Å². The van der Waals surface area contributed by atoms with Gasteiger partial charge < -0.3 is 5.32 Å². The van der Waals surface area contributed by atoms with Crippen LogP contribution in [0.3, 0.4) is 0 Å². The lowest BCUT2D eigenvalue weighted by Gasteiger charge is -2.11. The highest BCUT2D eigenvalue weighted by atomic mass is 79.9. The highest BCUT2D eigenvalue weighted by Crippen LogP contribution is 2.25. The number of benzene rings is 2. The van der Waals surface area contributed by atoms with E-state index in [4.69, 9.17) is 0 Å². The predicted molar refractivity (Wildman–Crippen MR) is 107 cm³/mol. The Balaban J connectivity index is 1.81. The van der Waals surface area contributed by atoms with E-state index < -0.39 is 0 Å². The Morgan fingerprint density at radius 2 is 1.85 bits per heavy atom. The molecule has 0 unspecified atom stereocenters. The minimum atomic E-state index is -0.174. The fourth-order valence-electron chi connectivity index (χ4n) is 2.79. The van der Waals surface area contributed by atoms with Gasteiger partial charge in [0.05, 0.1) is 16.8 Å². The number of anilines is 1. The Hall–Kier alpha value is -3.05. The van der Waals surface area contributed by atoms with Gasteiger partial charge in [-0.3, -0.25) is 9.78 Å². The van der Waals surface area contributed by atoms with Gasteiger partial charge in [0.15, 0.2) is 0 Å². The summed E-state index contributed by atoms with van der Waals surface area (Å²) in [7, 11) is 0. The summed E-state index contributed by atoms with van der Waals surface area (Å²) in [5, 5.41) is 3.77. The molecule has 0 saturated heterocycles. The Morgan fingerprint density at radius 3 is 2.65 bits per heavy atom. The number of nitrogens with one attached hydrogen (secondary N) is 1. The van der Waals surface area contributed by atoms with Crippen LogP contribution in [-0.2, 0) is 0 Å². The number of amides is 1. The van der Waals surface area contributed by atoms with E-state index in [-0.39, 0.29) is 5.91 Å². The first-order chi connectivity index (χ1) is 12.7. The van der Waals surface area contributed by atoms with Crippen LogP contribution in [0.4, 0.5) is 5.69 Å². The van der Waals surface area contributed by atoms with E-state index in [0.717, 1.165) is 32.3 Å².